The number of hydrogen-bond acceptors (Lipinski definition) is 3. The topological polar surface area (TPSA) is 66.8 Å². The van der Waals surface area contributed by atoms with Gasteiger partial charge < -0.3 is 14.7 Å². The standard InChI is InChI=1S/C12H23NO4/c1-6-9(3)13(8-10(14)15)11(16)12(4,7-2)17-5/h9H,6-8H2,1-5H3,(H,14,15). The van der Waals surface area contributed by atoms with Gasteiger partial charge in [0.15, 0.2) is 0 Å². The molecule has 0 aliphatic heterocycles. The first-order valence-corrected chi connectivity index (χ1v) is 5.90. The number of rotatable bonds is 7. The van der Waals surface area contributed by atoms with Crippen LogP contribution in [0.2, 0.25) is 0 Å². The van der Waals surface area contributed by atoms with Crippen molar-refractivity contribution in [1.82, 2.24) is 4.90 Å². The van der Waals surface area contributed by atoms with Crippen molar-refractivity contribution in [1.29, 1.82) is 0 Å². The molecule has 17 heavy (non-hydrogen) atoms. The Hall–Kier alpha value is -1.10. The van der Waals surface area contributed by atoms with Crippen molar-refractivity contribution in [2.24, 2.45) is 0 Å². The van der Waals surface area contributed by atoms with Crippen LogP contribution in [-0.2, 0) is 14.3 Å². The minimum atomic E-state index is -1.01. The molecule has 5 nitrogen and oxygen atoms in total. The molecular weight excluding hydrogens is 222 g/mol. The molecule has 0 heterocycles. The van der Waals surface area contributed by atoms with Gasteiger partial charge in [0.25, 0.3) is 5.91 Å². The average Bonchev–Trinajstić information content (AvgIpc) is 2.32. The summed E-state index contributed by atoms with van der Waals surface area (Å²) in [5.74, 6) is -1.27. The van der Waals surface area contributed by atoms with E-state index in [0.29, 0.717) is 12.8 Å². The number of ether oxygens (including phenoxy) is 1. The molecule has 0 radical (unpaired) electrons. The second-order valence-corrected chi connectivity index (χ2v) is 4.37. The summed E-state index contributed by atoms with van der Waals surface area (Å²) in [6, 6.07) is -0.111. The summed E-state index contributed by atoms with van der Waals surface area (Å²) >= 11 is 0. The maximum atomic E-state index is 12.3. The number of methoxy groups -OCH3 is 1. The van der Waals surface area contributed by atoms with E-state index in [-0.39, 0.29) is 18.5 Å². The predicted molar refractivity (Wildman–Crippen MR) is 64.8 cm³/mol. The van der Waals surface area contributed by atoms with Gasteiger partial charge in [-0.15, -0.1) is 0 Å². The molecule has 2 unspecified atom stereocenters. The van der Waals surface area contributed by atoms with Gasteiger partial charge in [0.2, 0.25) is 0 Å². The van der Waals surface area contributed by atoms with Gasteiger partial charge in [0, 0.05) is 13.2 Å². The summed E-state index contributed by atoms with van der Waals surface area (Å²) in [5.41, 5.74) is -0.946. The molecule has 1 N–H and O–H groups in total. The SMILES string of the molecule is CCC(C)N(CC(=O)O)C(=O)C(C)(CC)OC. The molecule has 0 bridgehead atoms. The van der Waals surface area contributed by atoms with Crippen molar-refractivity contribution < 1.29 is 19.4 Å². The number of aliphatic carboxylic acids is 1. The number of nitrogens with zero attached hydrogens (tertiary/aromatic N) is 1. The molecule has 0 aliphatic rings. The van der Waals surface area contributed by atoms with E-state index >= 15 is 0 Å². The van der Waals surface area contributed by atoms with E-state index in [0.717, 1.165) is 0 Å². The summed E-state index contributed by atoms with van der Waals surface area (Å²) in [4.78, 5) is 24.5. The summed E-state index contributed by atoms with van der Waals surface area (Å²) in [7, 11) is 1.47. The zero-order valence-corrected chi connectivity index (χ0v) is 11.3. The van der Waals surface area contributed by atoms with Crippen LogP contribution in [0.1, 0.15) is 40.5 Å². The lowest BCUT2D eigenvalue weighted by Crippen LogP contribution is -2.52. The highest BCUT2D eigenvalue weighted by Gasteiger charge is 2.37. The van der Waals surface area contributed by atoms with Crippen molar-refractivity contribution in [3.63, 3.8) is 0 Å². The Morgan fingerprint density at radius 3 is 2.24 bits per heavy atom. The Balaban J connectivity index is 5.04. The molecule has 1 amide bonds. The average molecular weight is 245 g/mol. The number of carboxylic acids is 1. The van der Waals surface area contributed by atoms with Crippen LogP contribution in [0.5, 0.6) is 0 Å². The number of carbonyl (C=O) groups is 2. The van der Waals surface area contributed by atoms with Crippen LogP contribution in [0.25, 0.3) is 0 Å². The van der Waals surface area contributed by atoms with Gasteiger partial charge in [-0.3, -0.25) is 9.59 Å². The van der Waals surface area contributed by atoms with Crippen LogP contribution in [0.3, 0.4) is 0 Å². The summed E-state index contributed by atoms with van der Waals surface area (Å²) in [6.07, 6.45) is 1.22. The third kappa shape index (κ3) is 4.00. The molecule has 2 atom stereocenters. The lowest BCUT2D eigenvalue weighted by Gasteiger charge is -2.35. The lowest BCUT2D eigenvalue weighted by molar-refractivity contribution is -0.160. The van der Waals surface area contributed by atoms with E-state index in [4.69, 9.17) is 9.84 Å². The van der Waals surface area contributed by atoms with E-state index < -0.39 is 11.6 Å². The molecule has 0 aromatic rings. The lowest BCUT2D eigenvalue weighted by atomic mass is 10.00. The molecule has 0 aromatic carbocycles. The normalized spacial score (nSPS) is 16.1. The molecule has 0 aromatic heterocycles. The fourth-order valence-corrected chi connectivity index (χ4v) is 1.48. The van der Waals surface area contributed by atoms with Crippen molar-refractivity contribution in [3.8, 4) is 0 Å². The fraction of sp³-hybridized carbons (Fsp3) is 0.833. The van der Waals surface area contributed by atoms with Gasteiger partial charge in [-0.2, -0.15) is 0 Å². The number of hydrogen-bond donors (Lipinski definition) is 1. The van der Waals surface area contributed by atoms with Crippen LogP contribution >= 0.6 is 0 Å². The molecule has 100 valence electrons. The molecule has 0 saturated heterocycles. The summed E-state index contributed by atoms with van der Waals surface area (Å²) in [5, 5.41) is 8.85. The van der Waals surface area contributed by atoms with Crippen LogP contribution in [0.4, 0.5) is 0 Å². The van der Waals surface area contributed by atoms with E-state index in [9.17, 15) is 9.59 Å². The smallest absolute Gasteiger partial charge is 0.323 e. The van der Waals surface area contributed by atoms with E-state index in [1.165, 1.54) is 12.0 Å². The molecule has 0 spiro atoms. The summed E-state index contributed by atoms with van der Waals surface area (Å²) < 4.78 is 5.22. The third-order valence-electron chi connectivity index (χ3n) is 3.27. The Bertz CT molecular complexity index is 274. The van der Waals surface area contributed by atoms with Gasteiger partial charge >= 0.3 is 5.97 Å². The highest BCUT2D eigenvalue weighted by atomic mass is 16.5. The fourth-order valence-electron chi connectivity index (χ4n) is 1.48. The van der Waals surface area contributed by atoms with Crippen molar-refractivity contribution in [2.45, 2.75) is 52.2 Å². The van der Waals surface area contributed by atoms with E-state index in [2.05, 4.69) is 0 Å². The van der Waals surface area contributed by atoms with Crippen LogP contribution in [0.15, 0.2) is 0 Å². The van der Waals surface area contributed by atoms with Gasteiger partial charge in [-0.1, -0.05) is 13.8 Å². The first-order chi connectivity index (χ1) is 7.82. The number of carbonyl (C=O) groups excluding carboxylic acids is 1. The molecular formula is C12H23NO4. The quantitative estimate of drug-likeness (QED) is 0.738. The summed E-state index contributed by atoms with van der Waals surface area (Å²) in [6.45, 7) is 7.01. The maximum Gasteiger partial charge on any atom is 0.323 e. The monoisotopic (exact) mass is 245 g/mol. The van der Waals surface area contributed by atoms with Crippen LogP contribution < -0.4 is 0 Å². The molecule has 0 rings (SSSR count). The molecule has 0 aliphatic carbocycles. The van der Waals surface area contributed by atoms with Crippen molar-refractivity contribution >= 4 is 11.9 Å². The van der Waals surface area contributed by atoms with Gasteiger partial charge in [0.1, 0.15) is 12.1 Å². The minimum absolute atomic E-state index is 0.111. The second-order valence-electron chi connectivity index (χ2n) is 4.37. The number of amides is 1. The van der Waals surface area contributed by atoms with Gasteiger partial charge in [-0.25, -0.2) is 0 Å². The van der Waals surface area contributed by atoms with Crippen molar-refractivity contribution in [2.75, 3.05) is 13.7 Å². The Labute approximate surface area is 103 Å². The largest absolute Gasteiger partial charge is 0.480 e. The third-order valence-corrected chi connectivity index (χ3v) is 3.27. The van der Waals surface area contributed by atoms with Crippen LogP contribution in [0, 0.1) is 0 Å². The van der Waals surface area contributed by atoms with E-state index in [1.807, 2.05) is 20.8 Å². The first kappa shape index (κ1) is 15.9. The highest BCUT2D eigenvalue weighted by molar-refractivity contribution is 5.88. The number of carboxylic acid groups (broad SMARTS) is 1. The van der Waals surface area contributed by atoms with E-state index in [1.54, 1.807) is 6.92 Å². The Morgan fingerprint density at radius 2 is 1.94 bits per heavy atom. The highest BCUT2D eigenvalue weighted by Crippen LogP contribution is 2.20. The molecule has 0 fully saturated rings. The zero-order chi connectivity index (χ0) is 13.6. The maximum absolute atomic E-state index is 12.3. The Kier molecular flexibility index (Phi) is 6.16. The van der Waals surface area contributed by atoms with Gasteiger partial charge in [0.05, 0.1) is 0 Å². The minimum Gasteiger partial charge on any atom is -0.480 e. The zero-order valence-electron chi connectivity index (χ0n) is 11.3. The van der Waals surface area contributed by atoms with Crippen molar-refractivity contribution in [3.05, 3.63) is 0 Å². The predicted octanol–water partition coefficient (Wildman–Crippen LogP) is 1.51. The van der Waals surface area contributed by atoms with Gasteiger partial charge in [-0.05, 0) is 26.7 Å². The second kappa shape index (κ2) is 6.59. The Morgan fingerprint density at radius 1 is 1.41 bits per heavy atom. The van der Waals surface area contributed by atoms with Crippen LogP contribution in [-0.4, -0.2) is 47.2 Å². The molecule has 5 heteroatoms. The molecule has 0 saturated carbocycles. The first-order valence-electron chi connectivity index (χ1n) is 5.90.